The maximum atomic E-state index is 12.5. The van der Waals surface area contributed by atoms with E-state index in [4.69, 9.17) is 13.9 Å². The van der Waals surface area contributed by atoms with E-state index in [1.807, 2.05) is 0 Å². The van der Waals surface area contributed by atoms with Crippen molar-refractivity contribution in [3.8, 4) is 5.75 Å². The second-order valence-corrected chi connectivity index (χ2v) is 5.44. The zero-order valence-corrected chi connectivity index (χ0v) is 14.1. The quantitative estimate of drug-likeness (QED) is 0.732. The van der Waals surface area contributed by atoms with E-state index in [2.05, 4.69) is 5.32 Å². The molecule has 128 valence electrons. The number of carbonyl (C=O) groups is 2. The molecule has 0 spiro atoms. The first-order valence-electron chi connectivity index (χ1n) is 7.60. The van der Waals surface area contributed by atoms with Crippen LogP contribution in [0, 0.1) is 6.92 Å². The Morgan fingerprint density at radius 2 is 1.88 bits per heavy atom. The van der Waals surface area contributed by atoms with E-state index in [-0.39, 0.29) is 5.76 Å². The molecule has 0 unspecified atom stereocenters. The van der Waals surface area contributed by atoms with Crippen LogP contribution in [0.15, 0.2) is 46.9 Å². The average molecular weight is 339 g/mol. The van der Waals surface area contributed by atoms with Crippen molar-refractivity contribution in [3.63, 3.8) is 0 Å². The van der Waals surface area contributed by atoms with Gasteiger partial charge < -0.3 is 19.2 Å². The number of amides is 1. The van der Waals surface area contributed by atoms with Gasteiger partial charge in [0, 0.05) is 11.1 Å². The van der Waals surface area contributed by atoms with Crippen LogP contribution in [0.1, 0.15) is 26.5 Å². The molecule has 0 aliphatic carbocycles. The Labute approximate surface area is 144 Å². The first kappa shape index (κ1) is 16.6. The van der Waals surface area contributed by atoms with Crippen LogP contribution in [0.4, 0.5) is 5.69 Å². The van der Waals surface area contributed by atoms with Gasteiger partial charge in [0.2, 0.25) is 0 Å². The summed E-state index contributed by atoms with van der Waals surface area (Å²) in [6.45, 7) is 1.74. The normalized spacial score (nSPS) is 10.5. The number of ether oxygens (including phenoxy) is 2. The van der Waals surface area contributed by atoms with Crippen molar-refractivity contribution in [3.05, 3.63) is 59.4 Å². The molecule has 0 saturated carbocycles. The summed E-state index contributed by atoms with van der Waals surface area (Å²) in [6, 6.07) is 12.0. The van der Waals surface area contributed by atoms with Gasteiger partial charge in [-0.3, -0.25) is 4.79 Å². The van der Waals surface area contributed by atoms with Gasteiger partial charge in [-0.1, -0.05) is 6.07 Å². The van der Waals surface area contributed by atoms with E-state index in [9.17, 15) is 9.59 Å². The first-order chi connectivity index (χ1) is 12.0. The van der Waals surface area contributed by atoms with Gasteiger partial charge >= 0.3 is 5.97 Å². The zero-order chi connectivity index (χ0) is 18.0. The van der Waals surface area contributed by atoms with Gasteiger partial charge in [0.25, 0.3) is 5.91 Å². The lowest BCUT2D eigenvalue weighted by atomic mass is 10.1. The van der Waals surface area contributed by atoms with Gasteiger partial charge in [0.15, 0.2) is 5.76 Å². The van der Waals surface area contributed by atoms with E-state index in [1.165, 1.54) is 7.11 Å². The molecule has 1 heterocycles. The Morgan fingerprint density at radius 1 is 1.08 bits per heavy atom. The largest absolute Gasteiger partial charge is 0.497 e. The van der Waals surface area contributed by atoms with Gasteiger partial charge in [-0.25, -0.2) is 4.79 Å². The van der Waals surface area contributed by atoms with Gasteiger partial charge in [-0.2, -0.15) is 0 Å². The Bertz CT molecular complexity index is 958. The lowest BCUT2D eigenvalue weighted by Crippen LogP contribution is -2.13. The summed E-state index contributed by atoms with van der Waals surface area (Å²) in [5.41, 5.74) is 2.13. The molecule has 0 radical (unpaired) electrons. The minimum Gasteiger partial charge on any atom is -0.497 e. The Kier molecular flexibility index (Phi) is 4.43. The molecule has 0 bridgehead atoms. The summed E-state index contributed by atoms with van der Waals surface area (Å²) in [7, 11) is 2.89. The van der Waals surface area contributed by atoms with E-state index in [0.29, 0.717) is 28.1 Å². The fraction of sp³-hybridized carbons (Fsp3) is 0.158. The molecule has 1 amide bonds. The van der Waals surface area contributed by atoms with E-state index < -0.39 is 11.9 Å². The van der Waals surface area contributed by atoms with Crippen LogP contribution in [0.5, 0.6) is 5.75 Å². The highest BCUT2D eigenvalue weighted by atomic mass is 16.5. The highest BCUT2D eigenvalue weighted by Crippen LogP contribution is 2.26. The number of carbonyl (C=O) groups excluding carboxylic acids is 2. The second-order valence-electron chi connectivity index (χ2n) is 5.44. The molecule has 6 nitrogen and oxygen atoms in total. The number of furan rings is 1. The van der Waals surface area contributed by atoms with Crippen LogP contribution >= 0.6 is 0 Å². The molecular formula is C19H17NO5. The Balaban J connectivity index is 1.89. The predicted molar refractivity (Wildman–Crippen MR) is 93.2 cm³/mol. The maximum Gasteiger partial charge on any atom is 0.338 e. The Hall–Kier alpha value is -3.28. The fourth-order valence-corrected chi connectivity index (χ4v) is 2.55. The summed E-state index contributed by atoms with van der Waals surface area (Å²) in [4.78, 5) is 24.2. The maximum absolute atomic E-state index is 12.5. The summed E-state index contributed by atoms with van der Waals surface area (Å²) in [5.74, 6) is -0.00211. The number of hydrogen-bond donors (Lipinski definition) is 1. The number of esters is 1. The molecular weight excluding hydrogens is 322 g/mol. The molecule has 0 aliphatic rings. The van der Waals surface area contributed by atoms with Crippen LogP contribution in [-0.2, 0) is 4.74 Å². The van der Waals surface area contributed by atoms with E-state index in [1.54, 1.807) is 56.5 Å². The van der Waals surface area contributed by atoms with Crippen LogP contribution in [0.3, 0.4) is 0 Å². The molecule has 1 aromatic heterocycles. The fourth-order valence-electron chi connectivity index (χ4n) is 2.55. The lowest BCUT2D eigenvalue weighted by Gasteiger charge is -2.10. The van der Waals surface area contributed by atoms with Gasteiger partial charge in [0.1, 0.15) is 11.3 Å². The number of anilines is 1. The van der Waals surface area contributed by atoms with Crippen molar-refractivity contribution < 1.29 is 23.5 Å². The SMILES string of the molecule is COC(=O)c1cccc(NC(=O)c2cc3cc(OC)ccc3o2)c1C. The molecule has 0 aliphatic heterocycles. The molecule has 3 aromatic rings. The molecule has 3 rings (SSSR count). The second kappa shape index (κ2) is 6.68. The Morgan fingerprint density at radius 3 is 2.60 bits per heavy atom. The van der Waals surface area contributed by atoms with Gasteiger partial charge in [0.05, 0.1) is 19.8 Å². The van der Waals surface area contributed by atoms with Gasteiger partial charge in [-0.05, 0) is 48.9 Å². The molecule has 0 fully saturated rings. The van der Waals surface area contributed by atoms with Crippen molar-refractivity contribution in [1.82, 2.24) is 0 Å². The van der Waals surface area contributed by atoms with Crippen molar-refractivity contribution >= 4 is 28.5 Å². The minimum absolute atomic E-state index is 0.172. The first-order valence-corrected chi connectivity index (χ1v) is 7.60. The third-order valence-electron chi connectivity index (χ3n) is 3.93. The number of nitrogens with one attached hydrogen (secondary N) is 1. The van der Waals surface area contributed by atoms with Crippen molar-refractivity contribution in [2.75, 3.05) is 19.5 Å². The standard InChI is InChI=1S/C19H17NO5/c1-11-14(19(22)24-3)5-4-6-15(11)20-18(21)17-10-12-9-13(23-2)7-8-16(12)25-17/h4-10H,1-3H3,(H,20,21). The zero-order valence-electron chi connectivity index (χ0n) is 14.1. The van der Waals surface area contributed by atoms with Crippen LogP contribution in [0.25, 0.3) is 11.0 Å². The van der Waals surface area contributed by atoms with Gasteiger partial charge in [-0.15, -0.1) is 0 Å². The highest BCUT2D eigenvalue weighted by molar-refractivity contribution is 6.06. The van der Waals surface area contributed by atoms with Crippen LogP contribution < -0.4 is 10.1 Å². The van der Waals surface area contributed by atoms with E-state index >= 15 is 0 Å². The summed E-state index contributed by atoms with van der Waals surface area (Å²) < 4.78 is 15.5. The number of rotatable bonds is 4. The predicted octanol–water partition coefficient (Wildman–Crippen LogP) is 3.79. The van der Waals surface area contributed by atoms with Crippen molar-refractivity contribution in [2.24, 2.45) is 0 Å². The molecule has 1 N–H and O–H groups in total. The lowest BCUT2D eigenvalue weighted by molar-refractivity contribution is 0.0599. The van der Waals surface area contributed by atoms with E-state index in [0.717, 1.165) is 5.39 Å². The van der Waals surface area contributed by atoms with Crippen LogP contribution in [-0.4, -0.2) is 26.1 Å². The average Bonchev–Trinajstić information content (AvgIpc) is 3.06. The minimum atomic E-state index is -0.454. The molecule has 6 heteroatoms. The molecule has 2 aromatic carbocycles. The third kappa shape index (κ3) is 3.19. The van der Waals surface area contributed by atoms with Crippen molar-refractivity contribution in [1.29, 1.82) is 0 Å². The number of fused-ring (bicyclic) bond motifs is 1. The summed E-state index contributed by atoms with van der Waals surface area (Å²) in [5, 5.41) is 3.53. The molecule has 0 atom stereocenters. The summed E-state index contributed by atoms with van der Waals surface area (Å²) >= 11 is 0. The molecule has 25 heavy (non-hydrogen) atoms. The number of hydrogen-bond acceptors (Lipinski definition) is 5. The van der Waals surface area contributed by atoms with Crippen molar-refractivity contribution in [2.45, 2.75) is 6.92 Å². The third-order valence-corrected chi connectivity index (χ3v) is 3.93. The smallest absolute Gasteiger partial charge is 0.338 e. The molecule has 0 saturated heterocycles. The highest BCUT2D eigenvalue weighted by Gasteiger charge is 2.17. The number of methoxy groups -OCH3 is 2. The topological polar surface area (TPSA) is 77.8 Å². The summed E-state index contributed by atoms with van der Waals surface area (Å²) in [6.07, 6.45) is 0. The number of benzene rings is 2. The monoisotopic (exact) mass is 339 g/mol. The van der Waals surface area contributed by atoms with Crippen LogP contribution in [0.2, 0.25) is 0 Å².